The first kappa shape index (κ1) is 16.2. The Kier molecular flexibility index (Phi) is 4.84. The van der Waals surface area contributed by atoms with Crippen LogP contribution in [0.15, 0.2) is 23.4 Å². The smallest absolute Gasteiger partial charge is 0.313 e. The van der Waals surface area contributed by atoms with Gasteiger partial charge in [-0.25, -0.2) is 4.98 Å². The van der Waals surface area contributed by atoms with Crippen molar-refractivity contribution in [1.82, 2.24) is 9.55 Å². The van der Waals surface area contributed by atoms with E-state index >= 15 is 0 Å². The van der Waals surface area contributed by atoms with E-state index in [1.54, 1.807) is 0 Å². The van der Waals surface area contributed by atoms with Gasteiger partial charge >= 0.3 is 5.97 Å². The molecule has 6 heteroatoms. The second-order valence-corrected chi connectivity index (χ2v) is 7.14. The van der Waals surface area contributed by atoms with E-state index in [4.69, 9.17) is 16.7 Å². The molecule has 0 aliphatic carbocycles. The molecular formula is C15H19ClN2O2S. The zero-order chi connectivity index (χ0) is 15.6. The van der Waals surface area contributed by atoms with E-state index in [2.05, 4.69) is 30.3 Å². The maximum Gasteiger partial charge on any atom is 0.313 e. The minimum absolute atomic E-state index is 0.00645. The summed E-state index contributed by atoms with van der Waals surface area (Å²) in [6.07, 6.45) is 1.01. The summed E-state index contributed by atoms with van der Waals surface area (Å²) >= 11 is 7.56. The lowest BCUT2D eigenvalue weighted by Crippen LogP contribution is -2.19. The minimum atomic E-state index is -0.848. The summed E-state index contributed by atoms with van der Waals surface area (Å²) < 4.78 is 2.05. The number of imidazole rings is 1. The first-order valence-electron chi connectivity index (χ1n) is 6.83. The van der Waals surface area contributed by atoms with Crippen LogP contribution in [0.1, 0.15) is 27.2 Å². The molecule has 114 valence electrons. The first-order valence-corrected chi connectivity index (χ1v) is 8.20. The summed E-state index contributed by atoms with van der Waals surface area (Å²) in [5, 5.41) is 10.2. The molecule has 1 N–H and O–H groups in total. The predicted octanol–water partition coefficient (Wildman–Crippen LogP) is 4.30. The number of aliphatic carboxylic acids is 1. The molecule has 0 saturated heterocycles. The fourth-order valence-corrected chi connectivity index (χ4v) is 3.04. The van der Waals surface area contributed by atoms with Gasteiger partial charge in [0.2, 0.25) is 0 Å². The van der Waals surface area contributed by atoms with Gasteiger partial charge < -0.3 is 9.67 Å². The summed E-state index contributed by atoms with van der Waals surface area (Å²) in [5.74, 6) is -0.854. The average molecular weight is 327 g/mol. The summed E-state index contributed by atoms with van der Waals surface area (Å²) in [6.45, 7) is 7.26. The molecule has 0 aliphatic rings. The third-order valence-corrected chi connectivity index (χ3v) is 4.82. The van der Waals surface area contributed by atoms with Gasteiger partial charge in [-0.05, 0) is 24.0 Å². The molecule has 0 amide bonds. The van der Waals surface area contributed by atoms with E-state index in [1.807, 2.05) is 18.2 Å². The number of nitrogens with zero attached hydrogens (tertiary/aromatic N) is 2. The van der Waals surface area contributed by atoms with Crippen LogP contribution in [0.4, 0.5) is 0 Å². The third kappa shape index (κ3) is 3.71. The molecule has 2 aromatic rings. The highest BCUT2D eigenvalue weighted by atomic mass is 35.5. The summed E-state index contributed by atoms with van der Waals surface area (Å²) in [5.41, 5.74) is 1.78. The SMILES string of the molecule is CCC(C)(C)Cn1c(SCC(=O)O)nc2cccc(Cl)c21. The van der Waals surface area contributed by atoms with E-state index in [0.717, 1.165) is 24.0 Å². The Balaban J connectivity index is 2.51. The van der Waals surface area contributed by atoms with Gasteiger partial charge in [0, 0.05) is 6.54 Å². The van der Waals surface area contributed by atoms with Crippen molar-refractivity contribution in [2.75, 3.05) is 5.75 Å². The molecule has 1 aromatic heterocycles. The molecular weight excluding hydrogens is 308 g/mol. The number of carboxylic acids is 1. The van der Waals surface area contributed by atoms with Gasteiger partial charge in [-0.3, -0.25) is 4.79 Å². The molecule has 2 rings (SSSR count). The van der Waals surface area contributed by atoms with Crippen LogP contribution >= 0.6 is 23.4 Å². The molecule has 1 aromatic carbocycles. The third-order valence-electron chi connectivity index (χ3n) is 3.55. The van der Waals surface area contributed by atoms with Crippen molar-refractivity contribution >= 4 is 40.4 Å². The lowest BCUT2D eigenvalue weighted by molar-refractivity contribution is -0.133. The van der Waals surface area contributed by atoms with Crippen LogP contribution in [0.25, 0.3) is 11.0 Å². The monoisotopic (exact) mass is 326 g/mol. The Labute approximate surface area is 133 Å². The van der Waals surface area contributed by atoms with E-state index in [0.29, 0.717) is 10.2 Å². The van der Waals surface area contributed by atoms with E-state index in [1.165, 1.54) is 11.8 Å². The van der Waals surface area contributed by atoms with Crippen LogP contribution in [0.5, 0.6) is 0 Å². The first-order chi connectivity index (χ1) is 9.84. The van der Waals surface area contributed by atoms with Gasteiger partial charge in [-0.15, -0.1) is 0 Å². The predicted molar refractivity (Wildman–Crippen MR) is 87.2 cm³/mol. The molecule has 0 bridgehead atoms. The highest BCUT2D eigenvalue weighted by Gasteiger charge is 2.22. The molecule has 0 fully saturated rings. The van der Waals surface area contributed by atoms with Gasteiger partial charge in [0.1, 0.15) is 0 Å². The van der Waals surface area contributed by atoms with Crippen LogP contribution in [0.2, 0.25) is 5.02 Å². The van der Waals surface area contributed by atoms with Crippen molar-refractivity contribution in [2.45, 2.75) is 38.9 Å². The number of hydrogen-bond donors (Lipinski definition) is 1. The number of thioether (sulfide) groups is 1. The molecule has 0 spiro atoms. The van der Waals surface area contributed by atoms with E-state index in [-0.39, 0.29) is 11.2 Å². The van der Waals surface area contributed by atoms with Crippen LogP contribution in [0.3, 0.4) is 0 Å². The maximum absolute atomic E-state index is 10.8. The molecule has 21 heavy (non-hydrogen) atoms. The lowest BCUT2D eigenvalue weighted by Gasteiger charge is -2.24. The maximum atomic E-state index is 10.8. The number of halogens is 1. The summed E-state index contributed by atoms with van der Waals surface area (Å²) in [4.78, 5) is 15.4. The Hall–Kier alpha value is -1.20. The van der Waals surface area contributed by atoms with Crippen LogP contribution in [-0.2, 0) is 11.3 Å². The molecule has 0 saturated carbocycles. The highest BCUT2D eigenvalue weighted by Crippen LogP contribution is 2.33. The average Bonchev–Trinajstić information content (AvgIpc) is 2.75. The minimum Gasteiger partial charge on any atom is -0.481 e. The van der Waals surface area contributed by atoms with Gasteiger partial charge in [-0.1, -0.05) is 50.2 Å². The van der Waals surface area contributed by atoms with Crippen LogP contribution in [-0.4, -0.2) is 26.4 Å². The molecule has 1 heterocycles. The number of carboxylic acid groups (broad SMARTS) is 1. The number of benzene rings is 1. The Morgan fingerprint density at radius 2 is 2.19 bits per heavy atom. The largest absolute Gasteiger partial charge is 0.481 e. The normalized spacial score (nSPS) is 12.0. The standard InChI is InChI=1S/C15H19ClN2O2S/c1-4-15(2,3)9-18-13-10(16)6-5-7-11(13)17-14(18)21-8-12(19)20/h5-7H,4,8-9H2,1-3H3,(H,19,20). The number of fused-ring (bicyclic) bond motifs is 1. The molecule has 0 radical (unpaired) electrons. The number of hydrogen-bond acceptors (Lipinski definition) is 3. The van der Waals surface area contributed by atoms with E-state index in [9.17, 15) is 4.79 Å². The van der Waals surface area contributed by atoms with Crippen molar-refractivity contribution in [3.63, 3.8) is 0 Å². The molecule has 0 aliphatic heterocycles. The Morgan fingerprint density at radius 1 is 1.48 bits per heavy atom. The zero-order valence-corrected chi connectivity index (χ0v) is 14.0. The molecule has 0 unspecified atom stereocenters. The summed E-state index contributed by atoms with van der Waals surface area (Å²) in [7, 11) is 0. The van der Waals surface area contributed by atoms with Crippen LogP contribution < -0.4 is 0 Å². The number of para-hydroxylation sites is 1. The van der Waals surface area contributed by atoms with Gasteiger partial charge in [0.15, 0.2) is 5.16 Å². The highest BCUT2D eigenvalue weighted by molar-refractivity contribution is 7.99. The molecule has 0 atom stereocenters. The number of rotatable bonds is 6. The fourth-order valence-electron chi connectivity index (χ4n) is 2.04. The fraction of sp³-hybridized carbons (Fsp3) is 0.467. The van der Waals surface area contributed by atoms with Crippen molar-refractivity contribution in [2.24, 2.45) is 5.41 Å². The Morgan fingerprint density at radius 3 is 2.81 bits per heavy atom. The molecule has 4 nitrogen and oxygen atoms in total. The second kappa shape index (κ2) is 6.28. The van der Waals surface area contributed by atoms with Crippen molar-refractivity contribution < 1.29 is 9.90 Å². The van der Waals surface area contributed by atoms with Crippen LogP contribution in [0, 0.1) is 5.41 Å². The van der Waals surface area contributed by atoms with Gasteiger partial charge in [0.25, 0.3) is 0 Å². The van der Waals surface area contributed by atoms with Gasteiger partial charge in [0.05, 0.1) is 21.8 Å². The summed E-state index contributed by atoms with van der Waals surface area (Å²) in [6, 6.07) is 5.60. The number of carbonyl (C=O) groups is 1. The quantitative estimate of drug-likeness (QED) is 0.804. The van der Waals surface area contributed by atoms with E-state index < -0.39 is 5.97 Å². The second-order valence-electron chi connectivity index (χ2n) is 5.79. The number of aromatic nitrogens is 2. The topological polar surface area (TPSA) is 55.1 Å². The zero-order valence-electron chi connectivity index (χ0n) is 12.4. The Bertz CT molecular complexity index is 667. The van der Waals surface area contributed by atoms with Gasteiger partial charge in [-0.2, -0.15) is 0 Å². The van der Waals surface area contributed by atoms with Crippen molar-refractivity contribution in [3.8, 4) is 0 Å². The lowest BCUT2D eigenvalue weighted by atomic mass is 9.90. The van der Waals surface area contributed by atoms with Crippen molar-refractivity contribution in [1.29, 1.82) is 0 Å². The van der Waals surface area contributed by atoms with Crippen molar-refractivity contribution in [3.05, 3.63) is 23.2 Å².